The van der Waals surface area contributed by atoms with E-state index in [2.05, 4.69) is 0 Å². The Morgan fingerprint density at radius 1 is 0.789 bits per heavy atom. The molecule has 0 atom stereocenters. The van der Waals surface area contributed by atoms with E-state index in [0.717, 1.165) is 36.1 Å². The summed E-state index contributed by atoms with van der Waals surface area (Å²) in [6.07, 6.45) is 13.8. The molecule has 19 heavy (non-hydrogen) atoms. The van der Waals surface area contributed by atoms with Crippen LogP contribution in [0, 0.1) is 29.6 Å². The first-order chi connectivity index (χ1) is 9.31. The number of nitrogens with two attached hydrogens (primary N) is 1. The topological polar surface area (TPSA) is 35.2 Å². The van der Waals surface area contributed by atoms with Gasteiger partial charge in [-0.15, -0.1) is 0 Å². The molecule has 2 heteroatoms. The van der Waals surface area contributed by atoms with Crippen LogP contribution in [0.1, 0.15) is 57.8 Å². The monoisotopic (exact) mass is 263 g/mol. The zero-order valence-electron chi connectivity index (χ0n) is 12.1. The molecular formula is C17H29NO. The second kappa shape index (κ2) is 5.04. The van der Waals surface area contributed by atoms with Gasteiger partial charge in [0.05, 0.1) is 12.2 Å². The first-order valence-corrected chi connectivity index (χ1v) is 8.67. The summed E-state index contributed by atoms with van der Waals surface area (Å²) in [6, 6.07) is 0. The van der Waals surface area contributed by atoms with Crippen molar-refractivity contribution in [2.75, 3.05) is 6.54 Å². The summed E-state index contributed by atoms with van der Waals surface area (Å²) in [7, 11) is 0. The molecule has 0 spiro atoms. The highest BCUT2D eigenvalue weighted by molar-refractivity contribution is 4.99. The third-order valence-corrected chi connectivity index (χ3v) is 6.62. The van der Waals surface area contributed by atoms with Gasteiger partial charge >= 0.3 is 0 Å². The van der Waals surface area contributed by atoms with Crippen LogP contribution < -0.4 is 5.73 Å². The quantitative estimate of drug-likeness (QED) is 0.847. The number of ether oxygens (including phenoxy) is 1. The van der Waals surface area contributed by atoms with Crippen LogP contribution in [-0.4, -0.2) is 18.8 Å². The molecule has 5 aliphatic carbocycles. The van der Waals surface area contributed by atoms with Gasteiger partial charge in [0, 0.05) is 0 Å². The highest BCUT2D eigenvalue weighted by atomic mass is 16.5. The van der Waals surface area contributed by atoms with Crippen molar-refractivity contribution in [1.82, 2.24) is 0 Å². The summed E-state index contributed by atoms with van der Waals surface area (Å²) >= 11 is 0. The van der Waals surface area contributed by atoms with Gasteiger partial charge in [0.2, 0.25) is 0 Å². The number of hydrogen-bond acceptors (Lipinski definition) is 2. The van der Waals surface area contributed by atoms with E-state index in [-0.39, 0.29) is 0 Å². The van der Waals surface area contributed by atoms with E-state index < -0.39 is 0 Å². The van der Waals surface area contributed by atoms with E-state index >= 15 is 0 Å². The largest absolute Gasteiger partial charge is 0.374 e. The fourth-order valence-electron chi connectivity index (χ4n) is 5.82. The SMILES string of the molecule is NCC1CCC(OC2C3CC4CC(C3)CC2C4)CC1. The maximum Gasteiger partial charge on any atom is 0.0635 e. The number of rotatable bonds is 3. The van der Waals surface area contributed by atoms with E-state index in [1.807, 2.05) is 0 Å². The standard InChI is InChI=1S/C17H29NO/c18-10-11-1-3-16(4-2-11)19-17-14-6-12-5-13(8-14)9-15(17)7-12/h11-17H,1-10,18H2. The molecule has 0 amide bonds. The highest BCUT2D eigenvalue weighted by Gasteiger charge is 2.49. The fourth-order valence-corrected chi connectivity index (χ4v) is 5.82. The van der Waals surface area contributed by atoms with Gasteiger partial charge in [0.15, 0.2) is 0 Å². The first-order valence-electron chi connectivity index (χ1n) is 8.67. The molecule has 2 nitrogen and oxygen atoms in total. The number of hydrogen-bond donors (Lipinski definition) is 1. The van der Waals surface area contributed by atoms with Gasteiger partial charge in [-0.3, -0.25) is 0 Å². The van der Waals surface area contributed by atoms with Crippen LogP contribution in [0.2, 0.25) is 0 Å². The zero-order valence-corrected chi connectivity index (χ0v) is 12.1. The Morgan fingerprint density at radius 3 is 1.89 bits per heavy atom. The van der Waals surface area contributed by atoms with Gasteiger partial charge < -0.3 is 10.5 Å². The predicted octanol–water partition coefficient (Wildman–Crippen LogP) is 3.35. The second-order valence-electron chi connectivity index (χ2n) is 7.91. The summed E-state index contributed by atoms with van der Waals surface area (Å²) in [5.74, 6) is 4.75. The molecule has 0 aromatic carbocycles. The van der Waals surface area contributed by atoms with Crippen molar-refractivity contribution >= 4 is 0 Å². The lowest BCUT2D eigenvalue weighted by molar-refractivity contribution is -0.157. The Labute approximate surface area is 117 Å². The molecule has 0 aromatic rings. The van der Waals surface area contributed by atoms with Crippen molar-refractivity contribution in [3.8, 4) is 0 Å². The van der Waals surface area contributed by atoms with E-state index in [0.29, 0.717) is 12.2 Å². The molecule has 0 aromatic heterocycles. The van der Waals surface area contributed by atoms with Gasteiger partial charge in [0.1, 0.15) is 0 Å². The fraction of sp³-hybridized carbons (Fsp3) is 1.00. The molecule has 0 radical (unpaired) electrons. The smallest absolute Gasteiger partial charge is 0.0635 e. The summed E-state index contributed by atoms with van der Waals surface area (Å²) in [5, 5.41) is 0. The molecule has 0 unspecified atom stereocenters. The summed E-state index contributed by atoms with van der Waals surface area (Å²) in [5.41, 5.74) is 5.79. The molecule has 5 fully saturated rings. The van der Waals surface area contributed by atoms with Crippen LogP contribution in [0.15, 0.2) is 0 Å². The first kappa shape index (κ1) is 12.6. The zero-order chi connectivity index (χ0) is 12.8. The van der Waals surface area contributed by atoms with Gasteiger partial charge in [-0.25, -0.2) is 0 Å². The molecule has 108 valence electrons. The molecule has 5 rings (SSSR count). The van der Waals surface area contributed by atoms with Crippen molar-refractivity contribution < 1.29 is 4.74 Å². The Kier molecular flexibility index (Phi) is 3.35. The second-order valence-corrected chi connectivity index (χ2v) is 7.91. The average Bonchev–Trinajstić information content (AvgIpc) is 2.43. The van der Waals surface area contributed by atoms with Gasteiger partial charge in [-0.1, -0.05) is 0 Å². The van der Waals surface area contributed by atoms with Gasteiger partial charge in [-0.05, 0) is 93.9 Å². The minimum absolute atomic E-state index is 0.560. The Bertz CT molecular complexity index is 293. The predicted molar refractivity (Wildman–Crippen MR) is 76.7 cm³/mol. The average molecular weight is 263 g/mol. The lowest BCUT2D eigenvalue weighted by Crippen LogP contribution is -2.50. The van der Waals surface area contributed by atoms with Crippen molar-refractivity contribution in [3.63, 3.8) is 0 Å². The normalized spacial score (nSPS) is 52.6. The molecule has 4 bridgehead atoms. The lowest BCUT2D eigenvalue weighted by atomic mass is 9.55. The molecule has 2 N–H and O–H groups in total. The minimum atomic E-state index is 0.560. The van der Waals surface area contributed by atoms with E-state index in [9.17, 15) is 0 Å². The highest BCUT2D eigenvalue weighted by Crippen LogP contribution is 2.55. The minimum Gasteiger partial charge on any atom is -0.374 e. The molecule has 0 heterocycles. The molecule has 0 saturated heterocycles. The lowest BCUT2D eigenvalue weighted by Gasteiger charge is -2.54. The third-order valence-electron chi connectivity index (χ3n) is 6.62. The van der Waals surface area contributed by atoms with Crippen molar-refractivity contribution in [2.24, 2.45) is 35.3 Å². The molecule has 0 aliphatic heterocycles. The van der Waals surface area contributed by atoms with Crippen LogP contribution in [0.25, 0.3) is 0 Å². The Hall–Kier alpha value is -0.0800. The van der Waals surface area contributed by atoms with Crippen LogP contribution in [0.5, 0.6) is 0 Å². The van der Waals surface area contributed by atoms with Crippen molar-refractivity contribution in [3.05, 3.63) is 0 Å². The van der Waals surface area contributed by atoms with Crippen LogP contribution in [-0.2, 0) is 4.74 Å². The Balaban J connectivity index is 1.36. The maximum absolute atomic E-state index is 6.62. The van der Waals surface area contributed by atoms with E-state index in [4.69, 9.17) is 10.5 Å². The van der Waals surface area contributed by atoms with Crippen LogP contribution >= 0.6 is 0 Å². The van der Waals surface area contributed by atoms with Gasteiger partial charge in [-0.2, -0.15) is 0 Å². The molecule has 5 saturated carbocycles. The molecular weight excluding hydrogens is 234 g/mol. The van der Waals surface area contributed by atoms with E-state index in [1.165, 1.54) is 51.4 Å². The van der Waals surface area contributed by atoms with Gasteiger partial charge in [0.25, 0.3) is 0 Å². The van der Waals surface area contributed by atoms with E-state index in [1.54, 1.807) is 6.42 Å². The van der Waals surface area contributed by atoms with Crippen LogP contribution in [0.3, 0.4) is 0 Å². The van der Waals surface area contributed by atoms with Crippen LogP contribution in [0.4, 0.5) is 0 Å². The molecule has 5 aliphatic rings. The summed E-state index contributed by atoms with van der Waals surface area (Å²) < 4.78 is 6.62. The third kappa shape index (κ3) is 2.35. The maximum atomic E-state index is 6.62. The Morgan fingerprint density at radius 2 is 1.37 bits per heavy atom. The summed E-state index contributed by atoms with van der Waals surface area (Å²) in [6.45, 7) is 0.880. The van der Waals surface area contributed by atoms with Crippen molar-refractivity contribution in [2.45, 2.75) is 70.0 Å². The van der Waals surface area contributed by atoms with Crippen molar-refractivity contribution in [1.29, 1.82) is 0 Å². The summed E-state index contributed by atoms with van der Waals surface area (Å²) in [4.78, 5) is 0.